The number of aromatic carboxylic acids is 1. The Balaban J connectivity index is 1.51. The molecule has 196 valence electrons. The van der Waals surface area contributed by atoms with Gasteiger partial charge in [0, 0.05) is 42.2 Å². The van der Waals surface area contributed by atoms with Gasteiger partial charge in [0.15, 0.2) is 11.3 Å². The Morgan fingerprint density at radius 2 is 1.76 bits per heavy atom. The van der Waals surface area contributed by atoms with Gasteiger partial charge < -0.3 is 19.7 Å². The van der Waals surface area contributed by atoms with Crippen LogP contribution >= 0.6 is 0 Å². The number of halogens is 2. The lowest BCUT2D eigenvalue weighted by Crippen LogP contribution is -2.60. The van der Waals surface area contributed by atoms with Gasteiger partial charge in [0.1, 0.15) is 5.58 Å². The SMILES string of the molecule is Cc1cc(C(C)Nc2ccccc2C(=O)O)c2oc(N3CC(CC(F)F)(c4ccccc4)C3)cc(=O)c2c1. The van der Waals surface area contributed by atoms with Crippen molar-refractivity contribution in [2.24, 2.45) is 0 Å². The number of hydrogen-bond acceptors (Lipinski definition) is 5. The predicted octanol–water partition coefficient (Wildman–Crippen LogP) is 6.39. The molecular weight excluding hydrogens is 490 g/mol. The second-order valence-electron chi connectivity index (χ2n) is 9.99. The molecule has 1 aromatic heterocycles. The fourth-order valence-electron chi connectivity index (χ4n) is 5.36. The first-order valence-electron chi connectivity index (χ1n) is 12.4. The van der Waals surface area contributed by atoms with E-state index in [-0.39, 0.29) is 17.4 Å². The van der Waals surface area contributed by atoms with E-state index in [1.807, 2.05) is 55.1 Å². The number of carboxylic acids is 1. The zero-order chi connectivity index (χ0) is 27.0. The summed E-state index contributed by atoms with van der Waals surface area (Å²) in [6, 6.07) is 20.5. The second kappa shape index (κ2) is 9.93. The Morgan fingerprint density at radius 3 is 2.45 bits per heavy atom. The predicted molar refractivity (Wildman–Crippen MR) is 144 cm³/mol. The van der Waals surface area contributed by atoms with Crippen molar-refractivity contribution < 1.29 is 23.1 Å². The molecule has 2 N–H and O–H groups in total. The monoisotopic (exact) mass is 518 g/mol. The van der Waals surface area contributed by atoms with E-state index in [2.05, 4.69) is 5.32 Å². The van der Waals surface area contributed by atoms with E-state index in [0.29, 0.717) is 41.2 Å². The van der Waals surface area contributed by atoms with Crippen molar-refractivity contribution in [3.63, 3.8) is 0 Å². The molecule has 0 aliphatic carbocycles. The van der Waals surface area contributed by atoms with Gasteiger partial charge in [0.25, 0.3) is 0 Å². The van der Waals surface area contributed by atoms with E-state index in [4.69, 9.17) is 4.42 Å². The lowest BCUT2D eigenvalue weighted by molar-refractivity contribution is 0.0697. The molecule has 1 atom stereocenters. The van der Waals surface area contributed by atoms with E-state index in [1.165, 1.54) is 12.1 Å². The molecule has 1 saturated heterocycles. The van der Waals surface area contributed by atoms with Crippen LogP contribution in [0.15, 0.2) is 82.0 Å². The molecule has 0 bridgehead atoms. The highest BCUT2D eigenvalue weighted by Crippen LogP contribution is 2.42. The zero-order valence-corrected chi connectivity index (χ0v) is 21.1. The number of alkyl halides is 2. The van der Waals surface area contributed by atoms with Crippen LogP contribution in [-0.4, -0.2) is 30.6 Å². The summed E-state index contributed by atoms with van der Waals surface area (Å²) in [6.45, 7) is 4.35. The molecule has 1 unspecified atom stereocenters. The van der Waals surface area contributed by atoms with E-state index in [0.717, 1.165) is 11.1 Å². The van der Waals surface area contributed by atoms with Gasteiger partial charge >= 0.3 is 5.97 Å². The normalized spacial score (nSPS) is 15.3. The number of benzene rings is 3. The van der Waals surface area contributed by atoms with E-state index < -0.39 is 23.9 Å². The number of carboxylic acid groups (broad SMARTS) is 1. The molecule has 0 amide bonds. The number of anilines is 2. The van der Waals surface area contributed by atoms with E-state index >= 15 is 0 Å². The van der Waals surface area contributed by atoms with Gasteiger partial charge in [-0.3, -0.25) is 4.79 Å². The molecule has 5 rings (SSSR count). The Kier molecular flexibility index (Phi) is 6.65. The summed E-state index contributed by atoms with van der Waals surface area (Å²) in [5, 5.41) is 13.2. The summed E-state index contributed by atoms with van der Waals surface area (Å²) in [5.74, 6) is -0.724. The van der Waals surface area contributed by atoms with Crippen LogP contribution < -0.4 is 15.6 Å². The van der Waals surface area contributed by atoms with E-state index in [9.17, 15) is 23.5 Å². The van der Waals surface area contributed by atoms with Gasteiger partial charge in [-0.1, -0.05) is 48.5 Å². The summed E-state index contributed by atoms with van der Waals surface area (Å²) in [4.78, 5) is 26.7. The third-order valence-electron chi connectivity index (χ3n) is 7.21. The third kappa shape index (κ3) is 4.74. The van der Waals surface area contributed by atoms with Crippen LogP contribution in [0.3, 0.4) is 0 Å². The molecule has 1 aliphatic heterocycles. The van der Waals surface area contributed by atoms with Crippen molar-refractivity contribution in [2.75, 3.05) is 23.3 Å². The minimum atomic E-state index is -2.46. The molecule has 6 nitrogen and oxygen atoms in total. The average molecular weight is 519 g/mol. The summed E-state index contributed by atoms with van der Waals surface area (Å²) < 4.78 is 33.4. The van der Waals surface area contributed by atoms with Gasteiger partial charge in [-0.05, 0) is 43.2 Å². The largest absolute Gasteiger partial charge is 0.478 e. The van der Waals surface area contributed by atoms with Gasteiger partial charge in [-0.15, -0.1) is 0 Å². The number of fused-ring (bicyclic) bond motifs is 1. The van der Waals surface area contributed by atoms with Crippen LogP contribution in [0.5, 0.6) is 0 Å². The van der Waals surface area contributed by atoms with Crippen molar-refractivity contribution in [1.29, 1.82) is 0 Å². The average Bonchev–Trinajstić information content (AvgIpc) is 2.86. The molecular formula is C30H28F2N2O4. The van der Waals surface area contributed by atoms with Crippen molar-refractivity contribution in [1.82, 2.24) is 0 Å². The molecule has 3 aromatic carbocycles. The van der Waals surface area contributed by atoms with Crippen LogP contribution in [0.4, 0.5) is 20.4 Å². The molecule has 0 saturated carbocycles. The number of nitrogens with zero attached hydrogens (tertiary/aromatic N) is 1. The third-order valence-corrected chi connectivity index (χ3v) is 7.21. The number of carbonyl (C=O) groups is 1. The maximum Gasteiger partial charge on any atom is 0.337 e. The molecule has 0 spiro atoms. The zero-order valence-electron chi connectivity index (χ0n) is 21.1. The van der Waals surface area contributed by atoms with Crippen molar-refractivity contribution in [3.8, 4) is 0 Å². The topological polar surface area (TPSA) is 82.8 Å². The lowest BCUT2D eigenvalue weighted by atomic mass is 9.71. The quantitative estimate of drug-likeness (QED) is 0.281. The minimum Gasteiger partial charge on any atom is -0.478 e. The molecule has 38 heavy (non-hydrogen) atoms. The molecule has 1 fully saturated rings. The smallest absolute Gasteiger partial charge is 0.337 e. The van der Waals surface area contributed by atoms with Crippen LogP contribution in [0, 0.1) is 6.92 Å². The first-order valence-corrected chi connectivity index (χ1v) is 12.4. The molecule has 8 heteroatoms. The molecule has 4 aromatic rings. The number of aryl methyl sites for hydroxylation is 1. The first-order chi connectivity index (χ1) is 18.2. The van der Waals surface area contributed by atoms with Crippen molar-refractivity contribution >= 4 is 28.5 Å². The highest BCUT2D eigenvalue weighted by atomic mass is 19.3. The van der Waals surface area contributed by atoms with E-state index in [1.54, 1.807) is 24.3 Å². The fourth-order valence-corrected chi connectivity index (χ4v) is 5.36. The highest BCUT2D eigenvalue weighted by molar-refractivity contribution is 5.94. The van der Waals surface area contributed by atoms with Crippen LogP contribution in [-0.2, 0) is 5.41 Å². The van der Waals surface area contributed by atoms with Gasteiger partial charge in [0.05, 0.1) is 17.0 Å². The van der Waals surface area contributed by atoms with Crippen molar-refractivity contribution in [2.45, 2.75) is 38.2 Å². The standard InChI is InChI=1S/C30H28F2N2O4/c1-18-12-22(19(2)33-24-11-7-6-10-21(24)29(36)37)28-23(13-18)25(35)14-27(38-28)34-16-30(17-34,15-26(31)32)20-8-4-3-5-9-20/h3-14,19,26,33H,15-17H2,1-2H3,(H,36,37). The fraction of sp³-hybridized carbons (Fsp3) is 0.267. The molecule has 0 radical (unpaired) electrons. The maximum atomic E-state index is 13.5. The number of hydrogen-bond donors (Lipinski definition) is 2. The highest BCUT2D eigenvalue weighted by Gasteiger charge is 2.47. The molecule has 2 heterocycles. The maximum absolute atomic E-state index is 13.5. The summed E-state index contributed by atoms with van der Waals surface area (Å²) in [5.41, 5.74) is 2.41. The number of nitrogens with one attached hydrogen (secondary N) is 1. The Hall–Kier alpha value is -4.20. The lowest BCUT2D eigenvalue weighted by Gasteiger charge is -2.50. The summed E-state index contributed by atoms with van der Waals surface area (Å²) >= 11 is 0. The Morgan fingerprint density at radius 1 is 1.08 bits per heavy atom. The summed E-state index contributed by atoms with van der Waals surface area (Å²) in [6.07, 6.45) is -2.74. The van der Waals surface area contributed by atoms with Gasteiger partial charge in [0.2, 0.25) is 6.43 Å². The van der Waals surface area contributed by atoms with Gasteiger partial charge in [-0.2, -0.15) is 0 Å². The number of para-hydroxylation sites is 1. The second-order valence-corrected chi connectivity index (χ2v) is 9.99. The Labute approximate surface area is 218 Å². The van der Waals surface area contributed by atoms with Crippen LogP contribution in [0.1, 0.15) is 46.4 Å². The number of rotatable bonds is 8. The van der Waals surface area contributed by atoms with Gasteiger partial charge in [-0.25, -0.2) is 13.6 Å². The van der Waals surface area contributed by atoms with Crippen LogP contribution in [0.2, 0.25) is 0 Å². The van der Waals surface area contributed by atoms with Crippen molar-refractivity contribution in [3.05, 3.63) is 105 Å². The summed E-state index contributed by atoms with van der Waals surface area (Å²) in [7, 11) is 0. The minimum absolute atomic E-state index is 0.135. The first kappa shape index (κ1) is 25.4. The molecule has 1 aliphatic rings. The Bertz CT molecular complexity index is 1550. The van der Waals surface area contributed by atoms with Crippen LogP contribution in [0.25, 0.3) is 11.0 Å².